The molecule has 0 saturated carbocycles. The number of benzene rings is 4. The molecule has 0 amide bonds. The predicted octanol–water partition coefficient (Wildman–Crippen LogP) is 6.04. The summed E-state index contributed by atoms with van der Waals surface area (Å²) in [5.74, 6) is -0.117. The molecule has 1 saturated heterocycles. The van der Waals surface area contributed by atoms with E-state index in [1.165, 1.54) is 21.3 Å². The Balaban J connectivity index is 1.56. The van der Waals surface area contributed by atoms with Crippen molar-refractivity contribution in [1.82, 2.24) is 0 Å². The third-order valence-corrected chi connectivity index (χ3v) is 9.40. The summed E-state index contributed by atoms with van der Waals surface area (Å²) in [6.45, 7) is 0. The molecule has 7 rings (SSSR count). The van der Waals surface area contributed by atoms with Crippen molar-refractivity contribution < 1.29 is 33.3 Å². The van der Waals surface area contributed by atoms with Crippen molar-refractivity contribution in [2.45, 2.75) is 18.0 Å². The van der Waals surface area contributed by atoms with Crippen molar-refractivity contribution in [2.75, 3.05) is 33.3 Å². The molecule has 0 bridgehead atoms. The second-order valence-electron chi connectivity index (χ2n) is 11.3. The fourth-order valence-electron chi connectivity index (χ4n) is 7.50. The number of Topliss-reactive ketones (excluding diaryl/α,β-unsaturated/α-hetero) is 3. The van der Waals surface area contributed by atoms with Crippen LogP contribution in [-0.2, 0) is 0 Å². The number of ketones is 3. The predicted molar refractivity (Wildman–Crippen MR) is 169 cm³/mol. The van der Waals surface area contributed by atoms with Gasteiger partial charge in [-0.2, -0.15) is 0 Å². The summed E-state index contributed by atoms with van der Waals surface area (Å²) in [6, 6.07) is 23.3. The highest BCUT2D eigenvalue weighted by Gasteiger charge is 2.71. The number of hydrogen-bond donors (Lipinski definition) is 0. The lowest BCUT2D eigenvalue weighted by Crippen LogP contribution is -2.48. The van der Waals surface area contributed by atoms with Gasteiger partial charge in [0, 0.05) is 28.3 Å². The van der Waals surface area contributed by atoms with Crippen LogP contribution >= 0.6 is 0 Å². The molecule has 2 heterocycles. The van der Waals surface area contributed by atoms with Gasteiger partial charge in [0.15, 0.2) is 28.8 Å². The van der Waals surface area contributed by atoms with Gasteiger partial charge < -0.3 is 23.8 Å². The van der Waals surface area contributed by atoms with Gasteiger partial charge in [-0.25, -0.2) is 0 Å². The molecular weight excluding hydrogens is 570 g/mol. The highest BCUT2D eigenvalue weighted by molar-refractivity contribution is 6.32. The maximum atomic E-state index is 14.9. The van der Waals surface area contributed by atoms with Crippen LogP contribution in [0.15, 0.2) is 91.0 Å². The summed E-state index contributed by atoms with van der Waals surface area (Å²) in [5.41, 5.74) is 1.67. The fraction of sp³-hybridized carbons (Fsp3) is 0.216. The monoisotopic (exact) mass is 601 g/mol. The SMILES string of the molecule is COc1ccc(C(=O)[C@@H]2[C@H](c3cc(OC)c(OC)c(OC)c3)C3(C(=O)c4ccccc4C3=O)[C@@H]3C=Cc4ccccc4N23)cc1. The van der Waals surface area contributed by atoms with Crippen molar-refractivity contribution in [2.24, 2.45) is 5.41 Å². The minimum absolute atomic E-state index is 0.236. The number of anilines is 1. The van der Waals surface area contributed by atoms with Crippen molar-refractivity contribution in [3.05, 3.63) is 119 Å². The standard InChI is InChI=1S/C37H31NO7/c1-42-24-16-13-22(14-17-24)33(39)32-31(23-19-28(43-2)34(45-4)29(20-23)44-3)37(35(40)25-10-6-7-11-26(25)36(37)41)30-18-15-21-9-5-8-12-27(21)38(30)32/h5-20,30-32H,1-4H3/t30-,31-,32-/m0/s1. The van der Waals surface area contributed by atoms with Crippen LogP contribution in [0.5, 0.6) is 23.0 Å². The van der Waals surface area contributed by atoms with E-state index in [2.05, 4.69) is 0 Å². The maximum absolute atomic E-state index is 14.9. The van der Waals surface area contributed by atoms with E-state index in [0.717, 1.165) is 11.3 Å². The van der Waals surface area contributed by atoms with Gasteiger partial charge in [0.05, 0.1) is 34.5 Å². The Kier molecular flexibility index (Phi) is 6.73. The molecule has 0 unspecified atom stereocenters. The fourth-order valence-corrected chi connectivity index (χ4v) is 7.50. The first-order valence-electron chi connectivity index (χ1n) is 14.6. The van der Waals surface area contributed by atoms with E-state index in [1.54, 1.807) is 67.8 Å². The van der Waals surface area contributed by atoms with Gasteiger partial charge in [-0.3, -0.25) is 14.4 Å². The van der Waals surface area contributed by atoms with Gasteiger partial charge in [0.2, 0.25) is 5.75 Å². The van der Waals surface area contributed by atoms with Gasteiger partial charge in [0.1, 0.15) is 17.2 Å². The number of methoxy groups -OCH3 is 4. The summed E-state index contributed by atoms with van der Waals surface area (Å²) in [5, 5.41) is 0. The lowest BCUT2D eigenvalue weighted by molar-refractivity contribution is 0.0665. The molecule has 8 heteroatoms. The Labute approximate surface area is 260 Å². The van der Waals surface area contributed by atoms with Crippen molar-refractivity contribution in [3.8, 4) is 23.0 Å². The molecule has 3 atom stereocenters. The third kappa shape index (κ3) is 3.88. The Morgan fingerprint density at radius 2 is 1.33 bits per heavy atom. The van der Waals surface area contributed by atoms with E-state index in [0.29, 0.717) is 45.3 Å². The number of carbonyl (C=O) groups is 3. The zero-order valence-corrected chi connectivity index (χ0v) is 25.3. The first kappa shape index (κ1) is 28.4. The van der Waals surface area contributed by atoms with Crippen molar-refractivity contribution in [3.63, 3.8) is 0 Å². The van der Waals surface area contributed by atoms with Gasteiger partial charge >= 0.3 is 0 Å². The van der Waals surface area contributed by atoms with Crippen molar-refractivity contribution in [1.29, 1.82) is 0 Å². The summed E-state index contributed by atoms with van der Waals surface area (Å²) in [7, 11) is 6.09. The second kappa shape index (κ2) is 10.7. The number of ether oxygens (including phenoxy) is 4. The zero-order valence-electron chi connectivity index (χ0n) is 25.3. The highest BCUT2D eigenvalue weighted by Crippen LogP contribution is 2.62. The zero-order chi connectivity index (χ0) is 31.5. The highest BCUT2D eigenvalue weighted by atomic mass is 16.5. The minimum Gasteiger partial charge on any atom is -0.497 e. The molecule has 4 aromatic carbocycles. The first-order valence-corrected chi connectivity index (χ1v) is 14.6. The van der Waals surface area contributed by atoms with E-state index in [1.807, 2.05) is 41.3 Å². The maximum Gasteiger partial charge on any atom is 0.203 e. The van der Waals surface area contributed by atoms with Gasteiger partial charge in [-0.05, 0) is 53.6 Å². The number of para-hydroxylation sites is 1. The second-order valence-corrected chi connectivity index (χ2v) is 11.3. The van der Waals surface area contributed by atoms with Gasteiger partial charge in [0.25, 0.3) is 0 Å². The van der Waals surface area contributed by atoms with E-state index >= 15 is 0 Å². The molecule has 45 heavy (non-hydrogen) atoms. The van der Waals surface area contributed by atoms with E-state index < -0.39 is 23.4 Å². The largest absolute Gasteiger partial charge is 0.497 e. The normalized spacial score (nSPS) is 20.4. The van der Waals surface area contributed by atoms with E-state index in [-0.39, 0.29) is 17.3 Å². The Hall–Kier alpha value is -5.37. The number of nitrogens with zero attached hydrogens (tertiary/aromatic N) is 1. The van der Waals surface area contributed by atoms with Crippen LogP contribution in [0.1, 0.15) is 48.1 Å². The number of rotatable bonds is 7. The topological polar surface area (TPSA) is 91.4 Å². The quantitative estimate of drug-likeness (QED) is 0.187. The van der Waals surface area contributed by atoms with Crippen LogP contribution in [0.3, 0.4) is 0 Å². The molecule has 0 radical (unpaired) electrons. The van der Waals surface area contributed by atoms with Crippen LogP contribution in [0.2, 0.25) is 0 Å². The average molecular weight is 602 g/mol. The lowest BCUT2D eigenvalue weighted by atomic mass is 9.64. The van der Waals surface area contributed by atoms with Gasteiger partial charge in [-0.15, -0.1) is 0 Å². The minimum atomic E-state index is -1.66. The number of hydrogen-bond acceptors (Lipinski definition) is 8. The average Bonchev–Trinajstić information content (AvgIpc) is 3.53. The van der Waals surface area contributed by atoms with Crippen molar-refractivity contribution >= 4 is 29.1 Å². The smallest absolute Gasteiger partial charge is 0.203 e. The molecule has 1 aliphatic carbocycles. The lowest BCUT2D eigenvalue weighted by Gasteiger charge is -2.37. The van der Waals surface area contributed by atoms with Gasteiger partial charge in [-0.1, -0.05) is 54.6 Å². The van der Waals surface area contributed by atoms with E-state index in [4.69, 9.17) is 18.9 Å². The first-order chi connectivity index (χ1) is 21.9. The Morgan fingerprint density at radius 1 is 0.733 bits per heavy atom. The molecule has 3 aliphatic rings. The van der Waals surface area contributed by atoms with Crippen LogP contribution in [0.25, 0.3) is 6.08 Å². The summed E-state index contributed by atoms with van der Waals surface area (Å²) in [4.78, 5) is 46.7. The third-order valence-electron chi connectivity index (χ3n) is 9.40. The summed E-state index contributed by atoms with van der Waals surface area (Å²) in [6.07, 6.45) is 3.84. The van der Waals surface area contributed by atoms with Crippen LogP contribution in [0, 0.1) is 5.41 Å². The number of fused-ring (bicyclic) bond motifs is 5. The molecule has 1 spiro atoms. The summed E-state index contributed by atoms with van der Waals surface area (Å²) >= 11 is 0. The molecular formula is C37H31NO7. The summed E-state index contributed by atoms with van der Waals surface area (Å²) < 4.78 is 22.4. The Morgan fingerprint density at radius 3 is 1.91 bits per heavy atom. The molecule has 0 aromatic heterocycles. The van der Waals surface area contributed by atoms with E-state index in [9.17, 15) is 14.4 Å². The molecule has 1 fully saturated rings. The van der Waals surface area contributed by atoms with Crippen LogP contribution < -0.4 is 23.8 Å². The van der Waals surface area contributed by atoms with Crippen LogP contribution in [-0.4, -0.2) is 57.9 Å². The molecule has 4 aromatic rings. The molecule has 8 nitrogen and oxygen atoms in total. The molecule has 0 N–H and O–H groups in total. The van der Waals surface area contributed by atoms with Crippen LogP contribution in [0.4, 0.5) is 5.69 Å². The molecule has 2 aliphatic heterocycles. The molecule has 226 valence electrons. The Bertz CT molecular complexity index is 1830. The number of carbonyl (C=O) groups excluding carboxylic acids is 3.